The number of benzene rings is 2. The number of nitrogens with one attached hydrogen (secondary N) is 2. The topological polar surface area (TPSA) is 75.3 Å². The molecule has 0 spiro atoms. The second-order valence-corrected chi connectivity index (χ2v) is 7.03. The molecule has 0 unspecified atom stereocenters. The van der Waals surface area contributed by atoms with Gasteiger partial charge in [0.1, 0.15) is 5.82 Å². The summed E-state index contributed by atoms with van der Waals surface area (Å²) in [7, 11) is -3.95. The summed E-state index contributed by atoms with van der Waals surface area (Å²) in [5.74, 6) is -0.443. The van der Waals surface area contributed by atoms with E-state index in [4.69, 9.17) is 0 Å². The molecule has 7 heteroatoms. The van der Waals surface area contributed by atoms with Crippen molar-refractivity contribution in [1.29, 1.82) is 0 Å². The highest BCUT2D eigenvalue weighted by Crippen LogP contribution is 2.24. The van der Waals surface area contributed by atoms with E-state index in [-0.39, 0.29) is 4.90 Å². The van der Waals surface area contributed by atoms with Crippen LogP contribution in [0.25, 0.3) is 0 Å². The standard InChI is InChI=1S/C16H15FN2O3S/c17-13-5-7-14(8-6-13)18-16(20)19-23(21,22)15-9-4-11-2-1-3-12(11)10-15/h4-10H,1-3H2,(H2,18,19,20). The molecule has 23 heavy (non-hydrogen) atoms. The minimum Gasteiger partial charge on any atom is -0.307 e. The Hall–Kier alpha value is -2.41. The molecule has 2 aromatic rings. The van der Waals surface area contributed by atoms with Gasteiger partial charge in [0.15, 0.2) is 0 Å². The van der Waals surface area contributed by atoms with Gasteiger partial charge < -0.3 is 5.32 Å². The quantitative estimate of drug-likeness (QED) is 0.906. The number of rotatable bonds is 3. The number of sulfonamides is 1. The van der Waals surface area contributed by atoms with Crippen molar-refractivity contribution in [1.82, 2.24) is 4.72 Å². The summed E-state index contributed by atoms with van der Waals surface area (Å²) in [6.07, 6.45) is 2.81. The molecule has 0 heterocycles. The lowest BCUT2D eigenvalue weighted by molar-refractivity contribution is 0.256. The highest BCUT2D eigenvalue weighted by molar-refractivity contribution is 7.90. The average Bonchev–Trinajstić information content (AvgIpc) is 2.96. The predicted octanol–water partition coefficient (Wildman–Crippen LogP) is 2.82. The number of carbonyl (C=O) groups is 1. The molecule has 0 saturated carbocycles. The van der Waals surface area contributed by atoms with Gasteiger partial charge in [0.25, 0.3) is 10.0 Å². The SMILES string of the molecule is O=C(Nc1ccc(F)cc1)NS(=O)(=O)c1ccc2c(c1)CCC2. The molecule has 2 amide bonds. The van der Waals surface area contributed by atoms with Crippen molar-refractivity contribution in [3.8, 4) is 0 Å². The van der Waals surface area contributed by atoms with E-state index in [1.54, 1.807) is 12.1 Å². The molecule has 0 bridgehead atoms. The van der Waals surface area contributed by atoms with Crippen LogP contribution < -0.4 is 10.0 Å². The number of anilines is 1. The van der Waals surface area contributed by atoms with Crippen molar-refractivity contribution in [2.24, 2.45) is 0 Å². The Bertz CT molecular complexity index is 848. The molecule has 0 aliphatic heterocycles. The Morgan fingerprint density at radius 1 is 1.00 bits per heavy atom. The smallest absolute Gasteiger partial charge is 0.307 e. The first-order valence-corrected chi connectivity index (χ1v) is 8.63. The maximum absolute atomic E-state index is 12.8. The molecule has 5 nitrogen and oxygen atoms in total. The molecule has 120 valence electrons. The Morgan fingerprint density at radius 2 is 1.70 bits per heavy atom. The maximum Gasteiger partial charge on any atom is 0.333 e. The zero-order valence-corrected chi connectivity index (χ0v) is 13.0. The van der Waals surface area contributed by atoms with Gasteiger partial charge in [-0.2, -0.15) is 0 Å². The number of fused-ring (bicyclic) bond motifs is 1. The number of halogens is 1. The Balaban J connectivity index is 1.73. The van der Waals surface area contributed by atoms with Crippen molar-refractivity contribution in [2.45, 2.75) is 24.2 Å². The summed E-state index contributed by atoms with van der Waals surface area (Å²) < 4.78 is 39.3. The fraction of sp³-hybridized carbons (Fsp3) is 0.188. The van der Waals surface area contributed by atoms with Crippen LogP contribution in [0, 0.1) is 5.82 Å². The third-order valence-electron chi connectivity index (χ3n) is 3.71. The molecule has 1 aliphatic rings. The number of carbonyl (C=O) groups excluding carboxylic acids is 1. The van der Waals surface area contributed by atoms with Gasteiger partial charge in [-0.1, -0.05) is 6.07 Å². The van der Waals surface area contributed by atoms with E-state index in [0.717, 1.165) is 30.4 Å². The zero-order valence-electron chi connectivity index (χ0n) is 12.2. The molecular weight excluding hydrogens is 319 g/mol. The lowest BCUT2D eigenvalue weighted by atomic mass is 10.1. The molecule has 2 N–H and O–H groups in total. The minimum atomic E-state index is -3.95. The fourth-order valence-corrected chi connectivity index (χ4v) is 3.54. The fourth-order valence-electron chi connectivity index (χ4n) is 2.59. The molecule has 0 aromatic heterocycles. The van der Waals surface area contributed by atoms with Gasteiger partial charge in [-0.15, -0.1) is 0 Å². The van der Waals surface area contributed by atoms with Crippen LogP contribution in [-0.2, 0) is 22.9 Å². The highest BCUT2D eigenvalue weighted by Gasteiger charge is 2.20. The number of urea groups is 1. The third-order valence-corrected chi connectivity index (χ3v) is 5.04. The van der Waals surface area contributed by atoms with Crippen molar-refractivity contribution in [3.05, 3.63) is 59.4 Å². The van der Waals surface area contributed by atoms with Crippen LogP contribution in [0.4, 0.5) is 14.9 Å². The van der Waals surface area contributed by atoms with Gasteiger partial charge in [0, 0.05) is 5.69 Å². The van der Waals surface area contributed by atoms with Crippen molar-refractivity contribution < 1.29 is 17.6 Å². The van der Waals surface area contributed by atoms with Crippen molar-refractivity contribution in [2.75, 3.05) is 5.32 Å². The molecule has 0 saturated heterocycles. The van der Waals surface area contributed by atoms with E-state index in [9.17, 15) is 17.6 Å². The highest BCUT2D eigenvalue weighted by atomic mass is 32.2. The van der Waals surface area contributed by atoms with Crippen molar-refractivity contribution in [3.63, 3.8) is 0 Å². The number of hydrogen-bond donors (Lipinski definition) is 2. The van der Waals surface area contributed by atoms with E-state index in [0.29, 0.717) is 5.69 Å². The summed E-state index contributed by atoms with van der Waals surface area (Å²) in [6.45, 7) is 0. The normalized spacial score (nSPS) is 13.4. The zero-order chi connectivity index (χ0) is 16.4. The van der Waals surface area contributed by atoms with E-state index in [1.165, 1.54) is 30.3 Å². The predicted molar refractivity (Wildman–Crippen MR) is 84.2 cm³/mol. The van der Waals surface area contributed by atoms with E-state index in [2.05, 4.69) is 5.32 Å². The van der Waals surface area contributed by atoms with Crippen LogP contribution in [0.15, 0.2) is 47.4 Å². The summed E-state index contributed by atoms with van der Waals surface area (Å²) in [4.78, 5) is 11.9. The van der Waals surface area contributed by atoms with Crippen LogP contribution in [0.5, 0.6) is 0 Å². The van der Waals surface area contributed by atoms with Gasteiger partial charge in [-0.25, -0.2) is 22.3 Å². The number of hydrogen-bond acceptors (Lipinski definition) is 3. The molecular formula is C16H15FN2O3S. The first-order valence-electron chi connectivity index (χ1n) is 7.15. The maximum atomic E-state index is 12.8. The Labute approximate surface area is 133 Å². The van der Waals surface area contributed by atoms with Crippen molar-refractivity contribution >= 4 is 21.7 Å². The minimum absolute atomic E-state index is 0.0624. The molecule has 3 rings (SSSR count). The average molecular weight is 334 g/mol. The van der Waals surface area contributed by atoms with E-state index < -0.39 is 21.9 Å². The second kappa shape index (κ2) is 6.00. The largest absolute Gasteiger partial charge is 0.333 e. The van der Waals surface area contributed by atoms with Gasteiger partial charge in [-0.3, -0.25) is 0 Å². The molecule has 0 radical (unpaired) electrons. The number of aryl methyl sites for hydroxylation is 2. The monoisotopic (exact) mass is 334 g/mol. The second-order valence-electron chi connectivity index (χ2n) is 5.35. The van der Waals surface area contributed by atoms with E-state index in [1.807, 2.05) is 4.72 Å². The Morgan fingerprint density at radius 3 is 2.43 bits per heavy atom. The molecule has 1 aliphatic carbocycles. The van der Waals surface area contributed by atoms with Crippen LogP contribution >= 0.6 is 0 Å². The molecule has 0 fully saturated rings. The summed E-state index contributed by atoms with van der Waals surface area (Å²) in [5.41, 5.74) is 2.46. The van der Waals surface area contributed by atoms with Gasteiger partial charge in [0.2, 0.25) is 0 Å². The van der Waals surface area contributed by atoms with Crippen LogP contribution in [0.1, 0.15) is 17.5 Å². The lowest BCUT2D eigenvalue weighted by Crippen LogP contribution is -2.34. The molecule has 0 atom stereocenters. The first kappa shape index (κ1) is 15.5. The summed E-state index contributed by atoms with van der Waals surface area (Å²) in [6, 6.07) is 9.03. The molecule has 2 aromatic carbocycles. The van der Waals surface area contributed by atoms with Gasteiger partial charge >= 0.3 is 6.03 Å². The van der Waals surface area contributed by atoms with Gasteiger partial charge in [0.05, 0.1) is 4.90 Å². The van der Waals surface area contributed by atoms with E-state index >= 15 is 0 Å². The third kappa shape index (κ3) is 3.50. The van der Waals surface area contributed by atoms with Crippen LogP contribution in [-0.4, -0.2) is 14.4 Å². The van der Waals surface area contributed by atoms with Crippen LogP contribution in [0.3, 0.4) is 0 Å². The summed E-state index contributed by atoms with van der Waals surface area (Å²) in [5, 5.41) is 2.35. The Kier molecular flexibility index (Phi) is 4.04. The van der Waals surface area contributed by atoms with Crippen LogP contribution in [0.2, 0.25) is 0 Å². The lowest BCUT2D eigenvalue weighted by Gasteiger charge is -2.10. The number of amides is 2. The van der Waals surface area contributed by atoms with Gasteiger partial charge in [-0.05, 0) is 66.8 Å². The first-order chi connectivity index (χ1) is 10.9. The summed E-state index contributed by atoms with van der Waals surface area (Å²) >= 11 is 0.